The van der Waals surface area contributed by atoms with Crippen molar-refractivity contribution in [3.8, 4) is 0 Å². The van der Waals surface area contributed by atoms with Crippen molar-refractivity contribution in [1.29, 1.82) is 0 Å². The summed E-state index contributed by atoms with van der Waals surface area (Å²) in [5, 5.41) is -0.384. The molecule has 1 N–H and O–H groups in total. The molecular formula is C12H12FN3O3S. The predicted octanol–water partition coefficient (Wildman–Crippen LogP) is 0.963. The molecule has 1 aliphatic heterocycles. The number of nitrogens with zero attached hydrogens (tertiary/aromatic N) is 2. The zero-order valence-electron chi connectivity index (χ0n) is 10.4. The van der Waals surface area contributed by atoms with Crippen molar-refractivity contribution in [1.82, 2.24) is 14.9 Å². The molecule has 0 saturated carbocycles. The number of nitrogens with one attached hydrogen (secondary N) is 1. The van der Waals surface area contributed by atoms with E-state index < -0.39 is 15.5 Å². The zero-order chi connectivity index (χ0) is 14.3. The number of aromatic nitrogens is 2. The van der Waals surface area contributed by atoms with Crippen LogP contribution in [0.1, 0.15) is 12.0 Å². The number of amides is 1. The van der Waals surface area contributed by atoms with Gasteiger partial charge in [0.1, 0.15) is 10.9 Å². The van der Waals surface area contributed by atoms with Gasteiger partial charge in [-0.1, -0.05) is 0 Å². The summed E-state index contributed by atoms with van der Waals surface area (Å²) in [5.41, 5.74) is 1.55. The maximum Gasteiger partial charge on any atom is 0.307 e. The summed E-state index contributed by atoms with van der Waals surface area (Å²) in [6.45, 7) is 0.146. The summed E-state index contributed by atoms with van der Waals surface area (Å²) < 4.78 is 34.7. The van der Waals surface area contributed by atoms with E-state index in [9.17, 15) is 17.1 Å². The lowest BCUT2D eigenvalue weighted by Crippen LogP contribution is -2.26. The molecule has 20 heavy (non-hydrogen) atoms. The molecule has 3 heterocycles. The Balaban J connectivity index is 1.85. The second-order valence-corrected chi connectivity index (χ2v) is 6.40. The van der Waals surface area contributed by atoms with E-state index in [4.69, 9.17) is 0 Å². The molecular weight excluding hydrogens is 285 g/mol. The summed E-state index contributed by atoms with van der Waals surface area (Å²) in [5.74, 6) is -0.350. The van der Waals surface area contributed by atoms with Crippen LogP contribution in [-0.2, 0) is 21.6 Å². The van der Waals surface area contributed by atoms with Gasteiger partial charge in [-0.2, -0.15) is 8.42 Å². The molecule has 1 fully saturated rings. The van der Waals surface area contributed by atoms with Crippen molar-refractivity contribution in [3.05, 3.63) is 30.1 Å². The molecule has 0 radical (unpaired) electrons. The number of fused-ring (bicyclic) bond motifs is 1. The summed E-state index contributed by atoms with van der Waals surface area (Å²) in [6.07, 6.45) is 3.06. The van der Waals surface area contributed by atoms with Crippen molar-refractivity contribution in [2.24, 2.45) is 0 Å². The first-order chi connectivity index (χ1) is 9.45. The molecule has 106 valence electrons. The SMILES string of the molecule is O=C1CC(S(=O)(=O)F)CN1Cc1ccnc2[nH]ccc12. The zero-order valence-corrected chi connectivity index (χ0v) is 11.2. The molecule has 1 unspecified atom stereocenters. The Hall–Kier alpha value is -1.96. The van der Waals surface area contributed by atoms with Crippen molar-refractivity contribution >= 4 is 27.2 Å². The predicted molar refractivity (Wildman–Crippen MR) is 69.9 cm³/mol. The number of halogens is 1. The van der Waals surface area contributed by atoms with E-state index in [1.54, 1.807) is 18.5 Å². The number of rotatable bonds is 3. The largest absolute Gasteiger partial charge is 0.346 e. The van der Waals surface area contributed by atoms with Crippen LogP contribution in [0, 0.1) is 0 Å². The van der Waals surface area contributed by atoms with Crippen LogP contribution in [0.2, 0.25) is 0 Å². The Bertz CT molecular complexity index is 771. The third kappa shape index (κ3) is 2.26. The van der Waals surface area contributed by atoms with E-state index in [0.717, 1.165) is 10.9 Å². The van der Waals surface area contributed by atoms with Crippen LogP contribution in [-0.4, -0.2) is 41.0 Å². The molecule has 0 aromatic carbocycles. The van der Waals surface area contributed by atoms with Crippen LogP contribution in [0.4, 0.5) is 3.89 Å². The second kappa shape index (κ2) is 4.55. The highest BCUT2D eigenvalue weighted by molar-refractivity contribution is 7.87. The van der Waals surface area contributed by atoms with Gasteiger partial charge in [0.2, 0.25) is 5.91 Å². The molecule has 0 spiro atoms. The lowest BCUT2D eigenvalue weighted by atomic mass is 10.2. The number of carbonyl (C=O) groups excluding carboxylic acids is 1. The quantitative estimate of drug-likeness (QED) is 0.855. The van der Waals surface area contributed by atoms with Crippen molar-refractivity contribution < 1.29 is 17.1 Å². The van der Waals surface area contributed by atoms with Gasteiger partial charge in [0.05, 0.1) is 0 Å². The minimum absolute atomic E-state index is 0.105. The summed E-state index contributed by atoms with van der Waals surface area (Å²) in [4.78, 5) is 20.2. The van der Waals surface area contributed by atoms with Gasteiger partial charge >= 0.3 is 10.2 Å². The number of pyridine rings is 1. The molecule has 6 nitrogen and oxygen atoms in total. The molecule has 1 amide bonds. The Kier molecular flexibility index (Phi) is 2.97. The van der Waals surface area contributed by atoms with Gasteiger partial charge in [-0.25, -0.2) is 4.98 Å². The number of hydrogen-bond acceptors (Lipinski definition) is 4. The molecule has 2 aromatic rings. The summed E-state index contributed by atoms with van der Waals surface area (Å²) >= 11 is 0. The summed E-state index contributed by atoms with van der Waals surface area (Å²) in [7, 11) is -4.67. The van der Waals surface area contributed by atoms with Gasteiger partial charge in [0.25, 0.3) is 0 Å². The van der Waals surface area contributed by atoms with Crippen LogP contribution < -0.4 is 0 Å². The molecule has 1 atom stereocenters. The van der Waals surface area contributed by atoms with E-state index in [2.05, 4.69) is 9.97 Å². The van der Waals surface area contributed by atoms with Crippen LogP contribution in [0.5, 0.6) is 0 Å². The Morgan fingerprint density at radius 3 is 2.95 bits per heavy atom. The van der Waals surface area contributed by atoms with Crippen LogP contribution >= 0.6 is 0 Å². The maximum absolute atomic E-state index is 13.0. The van der Waals surface area contributed by atoms with Crippen LogP contribution in [0.3, 0.4) is 0 Å². The van der Waals surface area contributed by atoms with Crippen molar-refractivity contribution in [2.45, 2.75) is 18.2 Å². The van der Waals surface area contributed by atoms with Gasteiger partial charge < -0.3 is 9.88 Å². The number of H-pyrrole nitrogens is 1. The molecule has 1 saturated heterocycles. The first kappa shape index (κ1) is 13.0. The average Bonchev–Trinajstić information content (AvgIpc) is 2.96. The van der Waals surface area contributed by atoms with E-state index >= 15 is 0 Å². The third-order valence-electron chi connectivity index (χ3n) is 3.49. The molecule has 0 bridgehead atoms. The number of carbonyl (C=O) groups is 1. The number of likely N-dealkylation sites (tertiary alicyclic amines) is 1. The van der Waals surface area contributed by atoms with Crippen LogP contribution in [0.15, 0.2) is 24.5 Å². The monoisotopic (exact) mass is 297 g/mol. The molecule has 0 aliphatic carbocycles. The van der Waals surface area contributed by atoms with E-state index in [1.165, 1.54) is 4.90 Å². The normalized spacial score (nSPS) is 19.9. The van der Waals surface area contributed by atoms with Gasteiger partial charge in [-0.3, -0.25) is 4.79 Å². The summed E-state index contributed by atoms with van der Waals surface area (Å²) in [6, 6.07) is 3.60. The number of aromatic amines is 1. The van der Waals surface area contributed by atoms with Gasteiger partial charge in [-0.05, 0) is 17.7 Å². The van der Waals surface area contributed by atoms with Gasteiger partial charge in [0.15, 0.2) is 0 Å². The standard InChI is InChI=1S/C12H12FN3O3S/c13-20(18,19)9-5-11(17)16(7-9)6-8-1-3-14-12-10(8)2-4-15-12/h1-4,9H,5-7H2,(H,14,15). The Morgan fingerprint density at radius 1 is 1.45 bits per heavy atom. The minimum Gasteiger partial charge on any atom is -0.346 e. The molecule has 8 heteroatoms. The first-order valence-electron chi connectivity index (χ1n) is 6.07. The maximum atomic E-state index is 13.0. The number of hydrogen-bond donors (Lipinski definition) is 1. The lowest BCUT2D eigenvalue weighted by molar-refractivity contribution is -0.128. The van der Waals surface area contributed by atoms with Gasteiger partial charge in [0, 0.05) is 37.3 Å². The molecule has 3 rings (SSSR count). The highest BCUT2D eigenvalue weighted by atomic mass is 32.3. The van der Waals surface area contributed by atoms with Crippen molar-refractivity contribution in [2.75, 3.05) is 6.54 Å². The first-order valence-corrected chi connectivity index (χ1v) is 7.52. The fraction of sp³-hybridized carbons (Fsp3) is 0.333. The minimum atomic E-state index is -4.67. The van der Waals surface area contributed by atoms with Gasteiger partial charge in [-0.15, -0.1) is 3.89 Å². The molecule has 2 aromatic heterocycles. The van der Waals surface area contributed by atoms with E-state index in [1.807, 2.05) is 6.07 Å². The fourth-order valence-corrected chi connectivity index (χ4v) is 3.14. The third-order valence-corrected chi connectivity index (χ3v) is 4.60. The Morgan fingerprint density at radius 2 is 2.25 bits per heavy atom. The topological polar surface area (TPSA) is 83.1 Å². The van der Waals surface area contributed by atoms with Crippen LogP contribution in [0.25, 0.3) is 11.0 Å². The highest BCUT2D eigenvalue weighted by Crippen LogP contribution is 2.24. The average molecular weight is 297 g/mol. The van der Waals surface area contributed by atoms with E-state index in [-0.39, 0.29) is 25.4 Å². The Labute approximate surface area is 114 Å². The van der Waals surface area contributed by atoms with Crippen molar-refractivity contribution in [3.63, 3.8) is 0 Å². The highest BCUT2D eigenvalue weighted by Gasteiger charge is 2.38. The van der Waals surface area contributed by atoms with E-state index in [0.29, 0.717) is 5.65 Å². The second-order valence-electron chi connectivity index (χ2n) is 4.79. The smallest absolute Gasteiger partial charge is 0.307 e. The fourth-order valence-electron chi connectivity index (χ4n) is 2.44. The lowest BCUT2D eigenvalue weighted by Gasteiger charge is -2.16. The molecule has 1 aliphatic rings.